The summed E-state index contributed by atoms with van der Waals surface area (Å²) in [7, 11) is 2.05. The molecule has 2 heterocycles. The van der Waals surface area contributed by atoms with Gasteiger partial charge in [0.15, 0.2) is 0 Å². The van der Waals surface area contributed by atoms with Crippen LogP contribution < -0.4 is 5.32 Å². The number of nitrogens with one attached hydrogen (secondary N) is 1. The van der Waals surface area contributed by atoms with Crippen molar-refractivity contribution in [3.63, 3.8) is 0 Å². The van der Waals surface area contributed by atoms with Gasteiger partial charge in [0.2, 0.25) is 0 Å². The molecule has 0 bridgehead atoms. The van der Waals surface area contributed by atoms with E-state index in [1.165, 1.54) is 5.69 Å². The van der Waals surface area contributed by atoms with Crippen LogP contribution in [0, 0.1) is 5.92 Å². The molecule has 1 aromatic heterocycles. The maximum Gasteiger partial charge on any atom is 0.317 e. The van der Waals surface area contributed by atoms with Gasteiger partial charge >= 0.3 is 6.03 Å². The van der Waals surface area contributed by atoms with Gasteiger partial charge in [0.25, 0.3) is 0 Å². The summed E-state index contributed by atoms with van der Waals surface area (Å²) < 4.78 is 2.12. The number of rotatable bonds is 5. The van der Waals surface area contributed by atoms with Crippen LogP contribution >= 0.6 is 0 Å². The predicted octanol–water partition coefficient (Wildman–Crippen LogP) is 2.15. The number of amides is 2. The number of piperidine rings is 1. The van der Waals surface area contributed by atoms with Gasteiger partial charge in [-0.1, -0.05) is 0 Å². The van der Waals surface area contributed by atoms with Gasteiger partial charge in [0, 0.05) is 38.1 Å². The highest BCUT2D eigenvalue weighted by Crippen LogP contribution is 2.20. The van der Waals surface area contributed by atoms with E-state index in [0.29, 0.717) is 5.92 Å². The third-order valence-corrected chi connectivity index (χ3v) is 4.76. The van der Waals surface area contributed by atoms with E-state index in [4.69, 9.17) is 0 Å². The lowest BCUT2D eigenvalue weighted by Crippen LogP contribution is -2.48. The summed E-state index contributed by atoms with van der Waals surface area (Å²) >= 11 is 0. The van der Waals surface area contributed by atoms with Gasteiger partial charge < -0.3 is 19.9 Å². The van der Waals surface area contributed by atoms with E-state index in [0.717, 1.165) is 38.8 Å². The Kier molecular flexibility index (Phi) is 5.89. The molecule has 0 aromatic carbocycles. The first-order chi connectivity index (χ1) is 10.5. The summed E-state index contributed by atoms with van der Waals surface area (Å²) in [5, 5.41) is 12.7. The average molecular weight is 307 g/mol. The van der Waals surface area contributed by atoms with Gasteiger partial charge in [-0.3, -0.25) is 0 Å². The number of aliphatic hydroxyl groups excluding tert-OH is 1. The third-order valence-electron chi connectivity index (χ3n) is 4.76. The molecule has 1 aromatic rings. The number of urea groups is 1. The normalized spacial score (nSPS) is 19.0. The molecule has 2 rings (SSSR count). The zero-order valence-corrected chi connectivity index (χ0v) is 14.0. The first-order valence-corrected chi connectivity index (χ1v) is 8.31. The summed E-state index contributed by atoms with van der Waals surface area (Å²) in [6, 6.07) is 4.36. The van der Waals surface area contributed by atoms with Crippen LogP contribution in [-0.2, 0) is 13.5 Å². The van der Waals surface area contributed by atoms with E-state index in [1.54, 1.807) is 0 Å². The van der Waals surface area contributed by atoms with Gasteiger partial charge in [-0.05, 0) is 57.6 Å². The molecule has 0 spiro atoms. The summed E-state index contributed by atoms with van der Waals surface area (Å²) in [6.45, 7) is 5.38. The van der Waals surface area contributed by atoms with E-state index in [1.807, 2.05) is 31.1 Å². The second-order valence-electron chi connectivity index (χ2n) is 6.56. The molecule has 0 radical (unpaired) electrons. The zero-order chi connectivity index (χ0) is 16.1. The lowest BCUT2D eigenvalue weighted by molar-refractivity contribution is 0.0793. The fourth-order valence-corrected chi connectivity index (χ4v) is 3.08. The van der Waals surface area contributed by atoms with E-state index in [2.05, 4.69) is 22.9 Å². The molecule has 124 valence electrons. The standard InChI is InChI=1S/C17H29N3O2/c1-13(6-7-16-5-4-10-19(16)3)18-17(22)20-11-8-15(9-12-20)14(2)21/h4-5,10,13-15,21H,6-9,11-12H2,1-3H3,(H,18,22). The molecule has 1 saturated heterocycles. The highest BCUT2D eigenvalue weighted by Gasteiger charge is 2.25. The molecule has 22 heavy (non-hydrogen) atoms. The summed E-state index contributed by atoms with van der Waals surface area (Å²) in [5.41, 5.74) is 1.29. The molecule has 2 atom stereocenters. The van der Waals surface area contributed by atoms with E-state index >= 15 is 0 Å². The molecule has 2 unspecified atom stereocenters. The van der Waals surface area contributed by atoms with Crippen molar-refractivity contribution in [2.24, 2.45) is 13.0 Å². The SMILES string of the molecule is CC(CCc1cccn1C)NC(=O)N1CCC(C(C)O)CC1. The summed E-state index contributed by atoms with van der Waals surface area (Å²) in [6.07, 6.45) is 5.47. The van der Waals surface area contributed by atoms with Gasteiger partial charge in [-0.15, -0.1) is 0 Å². The smallest absolute Gasteiger partial charge is 0.317 e. The molecule has 2 N–H and O–H groups in total. The minimum atomic E-state index is -0.269. The monoisotopic (exact) mass is 307 g/mol. The number of aryl methyl sites for hydroxylation is 2. The van der Waals surface area contributed by atoms with Crippen molar-refractivity contribution in [3.05, 3.63) is 24.0 Å². The van der Waals surface area contributed by atoms with E-state index in [-0.39, 0.29) is 18.2 Å². The maximum atomic E-state index is 12.3. The quantitative estimate of drug-likeness (QED) is 0.876. The Hall–Kier alpha value is -1.49. The molecular weight excluding hydrogens is 278 g/mol. The van der Waals surface area contributed by atoms with Crippen LogP contribution in [0.2, 0.25) is 0 Å². The minimum absolute atomic E-state index is 0.0309. The lowest BCUT2D eigenvalue weighted by atomic mass is 9.92. The minimum Gasteiger partial charge on any atom is -0.393 e. The van der Waals surface area contributed by atoms with Gasteiger partial charge in [-0.2, -0.15) is 0 Å². The second-order valence-corrected chi connectivity index (χ2v) is 6.56. The van der Waals surface area contributed by atoms with E-state index < -0.39 is 0 Å². The van der Waals surface area contributed by atoms with Crippen LogP contribution in [0.3, 0.4) is 0 Å². The van der Waals surface area contributed by atoms with Crippen LogP contribution in [0.4, 0.5) is 4.79 Å². The number of aliphatic hydroxyl groups is 1. The van der Waals surface area contributed by atoms with Crippen molar-refractivity contribution in [1.29, 1.82) is 0 Å². The van der Waals surface area contributed by atoms with Crippen molar-refractivity contribution in [2.45, 2.75) is 51.7 Å². The fraction of sp³-hybridized carbons (Fsp3) is 0.706. The van der Waals surface area contributed by atoms with Crippen LogP contribution in [-0.4, -0.2) is 45.8 Å². The Morgan fingerprint density at radius 2 is 2.09 bits per heavy atom. The van der Waals surface area contributed by atoms with Crippen LogP contribution in [0.15, 0.2) is 18.3 Å². The van der Waals surface area contributed by atoms with Crippen molar-refractivity contribution in [3.8, 4) is 0 Å². The first-order valence-electron chi connectivity index (χ1n) is 8.31. The number of aromatic nitrogens is 1. The Balaban J connectivity index is 1.71. The number of carbonyl (C=O) groups excluding carboxylic acids is 1. The van der Waals surface area contributed by atoms with E-state index in [9.17, 15) is 9.90 Å². The molecule has 0 aliphatic carbocycles. The largest absolute Gasteiger partial charge is 0.393 e. The summed E-state index contributed by atoms with van der Waals surface area (Å²) in [4.78, 5) is 14.1. The average Bonchev–Trinajstić information content (AvgIpc) is 2.90. The number of hydrogen-bond acceptors (Lipinski definition) is 2. The number of likely N-dealkylation sites (tertiary alicyclic amines) is 1. The van der Waals surface area contributed by atoms with Gasteiger partial charge in [0.1, 0.15) is 0 Å². The third kappa shape index (κ3) is 4.50. The first kappa shape index (κ1) is 16.9. The molecule has 2 amide bonds. The summed E-state index contributed by atoms with van der Waals surface area (Å²) in [5.74, 6) is 0.332. The molecule has 1 aliphatic rings. The highest BCUT2D eigenvalue weighted by molar-refractivity contribution is 5.74. The Labute approximate surface area is 133 Å². The molecule has 5 heteroatoms. The fourth-order valence-electron chi connectivity index (χ4n) is 3.08. The molecule has 5 nitrogen and oxygen atoms in total. The molecular formula is C17H29N3O2. The van der Waals surface area contributed by atoms with Crippen LogP contribution in [0.5, 0.6) is 0 Å². The number of nitrogens with zero attached hydrogens (tertiary/aromatic N) is 2. The Morgan fingerprint density at radius 3 is 2.64 bits per heavy atom. The Bertz CT molecular complexity index is 476. The van der Waals surface area contributed by atoms with Crippen molar-refractivity contribution in [2.75, 3.05) is 13.1 Å². The topological polar surface area (TPSA) is 57.5 Å². The van der Waals surface area contributed by atoms with Crippen molar-refractivity contribution >= 4 is 6.03 Å². The number of hydrogen-bond donors (Lipinski definition) is 2. The van der Waals surface area contributed by atoms with Crippen LogP contribution in [0.25, 0.3) is 0 Å². The van der Waals surface area contributed by atoms with Gasteiger partial charge in [-0.25, -0.2) is 4.79 Å². The van der Waals surface area contributed by atoms with Gasteiger partial charge in [0.05, 0.1) is 6.10 Å². The van der Waals surface area contributed by atoms with Crippen LogP contribution in [0.1, 0.15) is 38.8 Å². The van der Waals surface area contributed by atoms with Crippen molar-refractivity contribution < 1.29 is 9.90 Å². The van der Waals surface area contributed by atoms with Crippen molar-refractivity contribution in [1.82, 2.24) is 14.8 Å². The zero-order valence-electron chi connectivity index (χ0n) is 14.0. The molecule has 1 aliphatic heterocycles. The molecule has 0 saturated carbocycles. The maximum absolute atomic E-state index is 12.3. The number of carbonyl (C=O) groups is 1. The lowest BCUT2D eigenvalue weighted by Gasteiger charge is -2.34. The second kappa shape index (κ2) is 7.68. The predicted molar refractivity (Wildman–Crippen MR) is 87.7 cm³/mol. The Morgan fingerprint density at radius 1 is 1.41 bits per heavy atom. The highest BCUT2D eigenvalue weighted by atomic mass is 16.3. The molecule has 1 fully saturated rings.